The van der Waals surface area contributed by atoms with Crippen molar-refractivity contribution in [2.24, 2.45) is 4.99 Å². The highest BCUT2D eigenvalue weighted by molar-refractivity contribution is 9.10. The van der Waals surface area contributed by atoms with Crippen LogP contribution in [0, 0.1) is 5.82 Å². The number of hydrogen-bond acceptors (Lipinski definition) is 3. The zero-order valence-electron chi connectivity index (χ0n) is 13.4. The molecule has 1 N–H and O–H groups in total. The van der Waals surface area contributed by atoms with Crippen LogP contribution < -0.4 is 5.32 Å². The highest BCUT2D eigenvalue weighted by Crippen LogP contribution is 2.24. The number of sulfone groups is 1. The first-order chi connectivity index (χ1) is 10.7. The maximum atomic E-state index is 13.8. The molecule has 1 aromatic rings. The van der Waals surface area contributed by atoms with Gasteiger partial charge in [0.05, 0.1) is 10.5 Å². The summed E-state index contributed by atoms with van der Waals surface area (Å²) in [5.74, 6) is 0.372. The fraction of sp³-hybridized carbons (Fsp3) is 0.533. The van der Waals surface area contributed by atoms with E-state index < -0.39 is 14.6 Å². The summed E-state index contributed by atoms with van der Waals surface area (Å²) in [6.07, 6.45) is 0. The standard InChI is InChI=1S/C15H21BrFN3O2S/c1-15(2)10-20(6-7-23(15,21)22)14(18-3)19-9-11-8-12(16)4-5-13(11)17/h4-5,8H,6-7,9-10H2,1-3H3,(H,18,19). The molecule has 1 aliphatic rings. The van der Waals surface area contributed by atoms with E-state index in [9.17, 15) is 12.8 Å². The molecule has 0 bridgehead atoms. The van der Waals surface area contributed by atoms with Gasteiger partial charge >= 0.3 is 0 Å². The number of aliphatic imine (C=N–C) groups is 1. The Balaban J connectivity index is 2.08. The summed E-state index contributed by atoms with van der Waals surface area (Å²) in [7, 11) is -1.47. The van der Waals surface area contributed by atoms with E-state index in [4.69, 9.17) is 0 Å². The summed E-state index contributed by atoms with van der Waals surface area (Å²) >= 11 is 3.32. The van der Waals surface area contributed by atoms with Crippen molar-refractivity contribution in [2.75, 3.05) is 25.9 Å². The predicted octanol–water partition coefficient (Wildman–Crippen LogP) is 2.17. The Kier molecular flexibility index (Phi) is 5.35. The van der Waals surface area contributed by atoms with Crippen molar-refractivity contribution in [3.8, 4) is 0 Å². The van der Waals surface area contributed by atoms with Crippen LogP contribution in [0.25, 0.3) is 0 Å². The Bertz CT molecular complexity index is 719. The largest absolute Gasteiger partial charge is 0.352 e. The first kappa shape index (κ1) is 18.2. The molecule has 5 nitrogen and oxygen atoms in total. The molecule has 8 heteroatoms. The summed E-state index contributed by atoms with van der Waals surface area (Å²) in [5.41, 5.74) is 0.518. The molecule has 2 rings (SSSR count). The van der Waals surface area contributed by atoms with E-state index in [1.807, 2.05) is 4.90 Å². The van der Waals surface area contributed by atoms with Crippen LogP contribution in [0.1, 0.15) is 19.4 Å². The molecule has 1 aliphatic heterocycles. The second kappa shape index (κ2) is 6.76. The normalized spacial score (nSPS) is 20.4. The van der Waals surface area contributed by atoms with Crippen LogP contribution >= 0.6 is 15.9 Å². The molecule has 0 atom stereocenters. The fourth-order valence-corrected chi connectivity index (χ4v) is 4.28. The molecule has 0 aromatic heterocycles. The van der Waals surface area contributed by atoms with Crippen molar-refractivity contribution in [3.63, 3.8) is 0 Å². The van der Waals surface area contributed by atoms with Crippen molar-refractivity contribution in [1.82, 2.24) is 10.2 Å². The smallest absolute Gasteiger partial charge is 0.193 e. The minimum absolute atomic E-state index is 0.0892. The van der Waals surface area contributed by atoms with Crippen LogP contribution in [0.4, 0.5) is 4.39 Å². The van der Waals surface area contributed by atoms with Crippen molar-refractivity contribution in [1.29, 1.82) is 0 Å². The third-order valence-corrected chi connectivity index (χ3v) is 7.03. The second-order valence-electron chi connectivity index (χ2n) is 6.14. The van der Waals surface area contributed by atoms with Crippen molar-refractivity contribution < 1.29 is 12.8 Å². The first-order valence-corrected chi connectivity index (χ1v) is 9.72. The van der Waals surface area contributed by atoms with Gasteiger partial charge in [0.2, 0.25) is 0 Å². The van der Waals surface area contributed by atoms with Gasteiger partial charge in [0.15, 0.2) is 15.8 Å². The maximum absolute atomic E-state index is 13.8. The minimum atomic E-state index is -3.11. The summed E-state index contributed by atoms with van der Waals surface area (Å²) < 4.78 is 37.9. The van der Waals surface area contributed by atoms with Crippen LogP contribution in [0.15, 0.2) is 27.7 Å². The van der Waals surface area contributed by atoms with Gasteiger partial charge in [-0.05, 0) is 32.0 Å². The van der Waals surface area contributed by atoms with E-state index in [1.165, 1.54) is 6.07 Å². The van der Waals surface area contributed by atoms with E-state index in [0.29, 0.717) is 24.6 Å². The van der Waals surface area contributed by atoms with Crippen LogP contribution in [0.5, 0.6) is 0 Å². The van der Waals surface area contributed by atoms with Crippen molar-refractivity contribution in [3.05, 3.63) is 34.1 Å². The lowest BCUT2D eigenvalue weighted by Crippen LogP contribution is -2.57. The predicted molar refractivity (Wildman–Crippen MR) is 93.7 cm³/mol. The quantitative estimate of drug-likeness (QED) is 0.604. The van der Waals surface area contributed by atoms with Gasteiger partial charge in [-0.15, -0.1) is 0 Å². The molecule has 0 radical (unpaired) electrons. The lowest BCUT2D eigenvalue weighted by atomic mass is 10.2. The van der Waals surface area contributed by atoms with E-state index in [1.54, 1.807) is 33.0 Å². The molecule has 128 valence electrons. The molecular formula is C15H21BrFN3O2S. The molecule has 0 aliphatic carbocycles. The molecule has 1 heterocycles. The average molecular weight is 406 g/mol. The highest BCUT2D eigenvalue weighted by Gasteiger charge is 2.40. The van der Waals surface area contributed by atoms with Gasteiger partial charge in [0.1, 0.15) is 5.82 Å². The number of nitrogens with one attached hydrogen (secondary N) is 1. The lowest BCUT2D eigenvalue weighted by molar-refractivity contribution is 0.353. The van der Waals surface area contributed by atoms with Gasteiger partial charge in [-0.3, -0.25) is 4.99 Å². The monoisotopic (exact) mass is 405 g/mol. The van der Waals surface area contributed by atoms with Crippen molar-refractivity contribution in [2.45, 2.75) is 25.1 Å². The van der Waals surface area contributed by atoms with Gasteiger partial charge in [-0.25, -0.2) is 12.8 Å². The second-order valence-corrected chi connectivity index (χ2v) is 9.80. The molecular weight excluding hydrogens is 385 g/mol. The molecule has 0 spiro atoms. The third-order valence-electron chi connectivity index (χ3n) is 4.00. The Morgan fingerprint density at radius 3 is 2.78 bits per heavy atom. The van der Waals surface area contributed by atoms with E-state index in [-0.39, 0.29) is 18.1 Å². The third kappa shape index (κ3) is 4.03. The van der Waals surface area contributed by atoms with Gasteiger partial charge in [0.25, 0.3) is 0 Å². The SMILES string of the molecule is CN=C(NCc1cc(Br)ccc1F)N1CCS(=O)(=O)C(C)(C)C1. The van der Waals surface area contributed by atoms with Gasteiger partial charge in [-0.1, -0.05) is 15.9 Å². The zero-order chi connectivity index (χ0) is 17.3. The number of halogens is 2. The van der Waals surface area contributed by atoms with E-state index in [0.717, 1.165) is 4.47 Å². The molecule has 0 unspecified atom stereocenters. The van der Waals surface area contributed by atoms with Crippen LogP contribution in [-0.4, -0.2) is 49.9 Å². The number of rotatable bonds is 2. The summed E-state index contributed by atoms with van der Waals surface area (Å²) in [4.78, 5) is 6.09. The Hall–Kier alpha value is -1.15. The van der Waals surface area contributed by atoms with Gasteiger partial charge < -0.3 is 10.2 Å². The highest BCUT2D eigenvalue weighted by atomic mass is 79.9. The zero-order valence-corrected chi connectivity index (χ0v) is 15.8. The number of benzene rings is 1. The number of hydrogen-bond donors (Lipinski definition) is 1. The molecule has 0 amide bonds. The van der Waals surface area contributed by atoms with Crippen LogP contribution in [0.2, 0.25) is 0 Å². The molecule has 1 aromatic carbocycles. The fourth-order valence-electron chi connectivity index (χ4n) is 2.51. The van der Waals surface area contributed by atoms with Gasteiger partial charge in [-0.2, -0.15) is 0 Å². The van der Waals surface area contributed by atoms with E-state index >= 15 is 0 Å². The van der Waals surface area contributed by atoms with E-state index in [2.05, 4.69) is 26.2 Å². The number of guanidine groups is 1. The molecule has 1 fully saturated rings. The molecule has 23 heavy (non-hydrogen) atoms. The molecule has 1 saturated heterocycles. The first-order valence-electron chi connectivity index (χ1n) is 7.28. The van der Waals surface area contributed by atoms with Crippen LogP contribution in [0.3, 0.4) is 0 Å². The summed E-state index contributed by atoms with van der Waals surface area (Å²) in [6.45, 7) is 4.45. The Morgan fingerprint density at radius 1 is 1.48 bits per heavy atom. The lowest BCUT2D eigenvalue weighted by Gasteiger charge is -2.39. The minimum Gasteiger partial charge on any atom is -0.352 e. The Labute approximate surface area is 145 Å². The van der Waals surface area contributed by atoms with Crippen LogP contribution in [-0.2, 0) is 16.4 Å². The summed E-state index contributed by atoms with van der Waals surface area (Å²) in [6, 6.07) is 4.76. The maximum Gasteiger partial charge on any atom is 0.193 e. The molecule has 0 saturated carbocycles. The van der Waals surface area contributed by atoms with Gasteiger partial charge in [0, 0.05) is 36.7 Å². The topological polar surface area (TPSA) is 61.8 Å². The Morgan fingerprint density at radius 2 is 2.17 bits per heavy atom. The van der Waals surface area contributed by atoms with Crippen molar-refractivity contribution >= 4 is 31.7 Å². The average Bonchev–Trinajstić information content (AvgIpc) is 2.46. The summed E-state index contributed by atoms with van der Waals surface area (Å²) in [5, 5.41) is 3.11. The number of nitrogens with zero attached hydrogens (tertiary/aromatic N) is 2.